The Bertz CT molecular complexity index is 841. The molecule has 0 bridgehead atoms. The molecule has 0 radical (unpaired) electrons. The van der Waals surface area contributed by atoms with Gasteiger partial charge in [-0.05, 0) is 42.5 Å². The minimum absolute atomic E-state index is 0.0159. The Labute approximate surface area is 150 Å². The number of anilines is 1. The summed E-state index contributed by atoms with van der Waals surface area (Å²) in [7, 11) is 1.77. The Morgan fingerprint density at radius 2 is 2.12 bits per heavy atom. The molecule has 0 aromatic heterocycles. The highest BCUT2D eigenvalue weighted by molar-refractivity contribution is 5.81. The van der Waals surface area contributed by atoms with Gasteiger partial charge in [0, 0.05) is 18.8 Å². The molecule has 0 saturated carbocycles. The molecule has 3 rings (SSSR count). The number of aryl methyl sites for hydroxylation is 1. The van der Waals surface area contributed by atoms with E-state index in [4.69, 9.17) is 0 Å². The molecule has 136 valence electrons. The third-order valence-electron chi connectivity index (χ3n) is 4.79. The molecular weight excluding hydrogens is 337 g/mol. The van der Waals surface area contributed by atoms with E-state index in [1.807, 2.05) is 12.1 Å². The second kappa shape index (κ2) is 7.51. The van der Waals surface area contributed by atoms with Gasteiger partial charge in [-0.3, -0.25) is 14.9 Å². The first-order chi connectivity index (χ1) is 12.5. The zero-order chi connectivity index (χ0) is 18.7. The number of hydrogen-bond acceptors (Lipinski definition) is 4. The number of carbonyl (C=O) groups excluding carboxylic acids is 1. The number of fused-ring (bicyclic) bond motifs is 1. The molecule has 26 heavy (non-hydrogen) atoms. The average molecular weight is 357 g/mol. The molecule has 0 fully saturated rings. The number of amides is 1. The van der Waals surface area contributed by atoms with Gasteiger partial charge >= 0.3 is 5.69 Å². The number of carbonyl (C=O) groups is 1. The summed E-state index contributed by atoms with van der Waals surface area (Å²) in [6.45, 7) is -0.0159. The Balaban J connectivity index is 1.68. The highest BCUT2D eigenvalue weighted by Gasteiger charge is 2.26. The van der Waals surface area contributed by atoms with Crippen LogP contribution in [0.3, 0.4) is 0 Å². The van der Waals surface area contributed by atoms with Gasteiger partial charge < -0.3 is 10.2 Å². The summed E-state index contributed by atoms with van der Waals surface area (Å²) >= 11 is 0. The van der Waals surface area contributed by atoms with Crippen LogP contribution in [-0.4, -0.2) is 29.3 Å². The lowest BCUT2D eigenvalue weighted by Crippen LogP contribution is -2.37. The lowest BCUT2D eigenvalue weighted by Gasteiger charge is -2.33. The van der Waals surface area contributed by atoms with E-state index >= 15 is 0 Å². The number of nitrogens with one attached hydrogen (secondary N) is 1. The molecule has 0 aliphatic heterocycles. The predicted octanol–water partition coefficient (Wildman–Crippen LogP) is 3.68. The van der Waals surface area contributed by atoms with Crippen molar-refractivity contribution in [3.63, 3.8) is 0 Å². The van der Waals surface area contributed by atoms with Gasteiger partial charge in [-0.15, -0.1) is 0 Å². The summed E-state index contributed by atoms with van der Waals surface area (Å²) in [6.07, 6.45) is 2.95. The molecule has 1 N–H and O–H groups in total. The van der Waals surface area contributed by atoms with Crippen LogP contribution in [-0.2, 0) is 11.2 Å². The maximum absolute atomic E-state index is 13.4. The van der Waals surface area contributed by atoms with E-state index in [1.54, 1.807) is 11.9 Å². The number of likely N-dealkylation sites (N-methyl/N-ethyl adjacent to an activating group) is 1. The SMILES string of the molecule is CN(C(=O)CNc1ccc(F)c([N+](=O)[O-])c1)C1CCCc2ccccc21. The first kappa shape index (κ1) is 17.8. The van der Waals surface area contributed by atoms with E-state index in [1.165, 1.54) is 17.2 Å². The Kier molecular flexibility index (Phi) is 5.16. The van der Waals surface area contributed by atoms with Crippen molar-refractivity contribution < 1.29 is 14.1 Å². The molecule has 1 atom stereocenters. The third-order valence-corrected chi connectivity index (χ3v) is 4.79. The van der Waals surface area contributed by atoms with Gasteiger partial charge in [-0.25, -0.2) is 0 Å². The summed E-state index contributed by atoms with van der Waals surface area (Å²) in [5.74, 6) is -1.03. The highest BCUT2D eigenvalue weighted by Crippen LogP contribution is 2.33. The zero-order valence-electron chi connectivity index (χ0n) is 14.4. The van der Waals surface area contributed by atoms with Gasteiger partial charge in [0.05, 0.1) is 17.5 Å². The first-order valence-corrected chi connectivity index (χ1v) is 8.48. The van der Waals surface area contributed by atoms with Crippen LogP contribution in [0, 0.1) is 15.9 Å². The lowest BCUT2D eigenvalue weighted by atomic mass is 9.87. The van der Waals surface area contributed by atoms with E-state index in [9.17, 15) is 19.3 Å². The second-order valence-electron chi connectivity index (χ2n) is 6.39. The van der Waals surface area contributed by atoms with Gasteiger partial charge in [0.15, 0.2) is 0 Å². The normalized spacial score (nSPS) is 15.8. The summed E-state index contributed by atoms with van der Waals surface area (Å²) in [6, 6.07) is 11.7. The topological polar surface area (TPSA) is 75.5 Å². The monoisotopic (exact) mass is 357 g/mol. The van der Waals surface area contributed by atoms with Gasteiger partial charge in [-0.2, -0.15) is 4.39 Å². The van der Waals surface area contributed by atoms with Crippen LogP contribution in [0.5, 0.6) is 0 Å². The number of nitro benzene ring substituents is 1. The molecule has 1 aliphatic rings. The summed E-state index contributed by atoms with van der Waals surface area (Å²) in [4.78, 5) is 24.3. The van der Waals surface area contributed by atoms with Gasteiger partial charge in [0.25, 0.3) is 0 Å². The summed E-state index contributed by atoms with van der Waals surface area (Å²) in [5.41, 5.74) is 2.17. The third kappa shape index (κ3) is 3.66. The van der Waals surface area contributed by atoms with Gasteiger partial charge in [0.2, 0.25) is 11.7 Å². The number of rotatable bonds is 5. The van der Waals surface area contributed by atoms with Crippen LogP contribution in [0.2, 0.25) is 0 Å². The molecule has 2 aromatic carbocycles. The van der Waals surface area contributed by atoms with Crippen molar-refractivity contribution in [2.24, 2.45) is 0 Å². The Morgan fingerprint density at radius 3 is 2.88 bits per heavy atom. The second-order valence-corrected chi connectivity index (χ2v) is 6.39. The Morgan fingerprint density at radius 1 is 1.35 bits per heavy atom. The smallest absolute Gasteiger partial charge is 0.306 e. The first-order valence-electron chi connectivity index (χ1n) is 8.48. The molecule has 2 aromatic rings. The molecule has 1 unspecified atom stereocenters. The van der Waals surface area contributed by atoms with E-state index in [-0.39, 0.29) is 18.5 Å². The largest absolute Gasteiger partial charge is 0.376 e. The Hall–Kier alpha value is -2.96. The van der Waals surface area contributed by atoms with E-state index in [2.05, 4.69) is 17.4 Å². The molecular formula is C19H20FN3O3. The van der Waals surface area contributed by atoms with Gasteiger partial charge in [0.1, 0.15) is 0 Å². The molecule has 0 heterocycles. The van der Waals surface area contributed by atoms with Crippen LogP contribution in [0.1, 0.15) is 30.0 Å². The van der Waals surface area contributed by atoms with Crippen LogP contribution < -0.4 is 5.32 Å². The summed E-state index contributed by atoms with van der Waals surface area (Å²) < 4.78 is 13.4. The van der Waals surface area contributed by atoms with E-state index in [0.717, 1.165) is 31.4 Å². The maximum atomic E-state index is 13.4. The number of hydrogen-bond donors (Lipinski definition) is 1. The quantitative estimate of drug-likeness (QED) is 0.654. The standard InChI is InChI=1S/C19H20FN3O3/c1-22(17-8-4-6-13-5-2-3-7-15(13)17)19(24)12-21-14-9-10-16(20)18(11-14)23(25)26/h2-3,5,7,9-11,17,21H,4,6,8,12H2,1H3. The predicted molar refractivity (Wildman–Crippen MR) is 96.4 cm³/mol. The molecule has 6 nitrogen and oxygen atoms in total. The fourth-order valence-corrected chi connectivity index (χ4v) is 3.37. The average Bonchev–Trinajstić information content (AvgIpc) is 2.65. The maximum Gasteiger partial charge on any atom is 0.306 e. The number of nitro groups is 1. The fourth-order valence-electron chi connectivity index (χ4n) is 3.37. The van der Waals surface area contributed by atoms with Crippen LogP contribution in [0.4, 0.5) is 15.8 Å². The van der Waals surface area contributed by atoms with Crippen molar-refractivity contribution in [2.45, 2.75) is 25.3 Å². The van der Waals surface area contributed by atoms with Crippen molar-refractivity contribution in [3.8, 4) is 0 Å². The molecule has 1 amide bonds. The number of benzene rings is 2. The van der Waals surface area contributed by atoms with Crippen LogP contribution >= 0.6 is 0 Å². The van der Waals surface area contributed by atoms with Crippen LogP contribution in [0.15, 0.2) is 42.5 Å². The van der Waals surface area contributed by atoms with Crippen molar-refractivity contribution in [1.82, 2.24) is 4.90 Å². The minimum atomic E-state index is -0.900. The van der Waals surface area contributed by atoms with Crippen molar-refractivity contribution >= 4 is 17.3 Å². The fraction of sp³-hybridized carbons (Fsp3) is 0.316. The van der Waals surface area contributed by atoms with Gasteiger partial charge in [-0.1, -0.05) is 24.3 Å². The van der Waals surface area contributed by atoms with E-state index < -0.39 is 16.4 Å². The molecule has 7 heteroatoms. The highest BCUT2D eigenvalue weighted by atomic mass is 19.1. The van der Waals surface area contributed by atoms with E-state index in [0.29, 0.717) is 5.69 Å². The zero-order valence-corrected chi connectivity index (χ0v) is 14.4. The van der Waals surface area contributed by atoms with Crippen molar-refractivity contribution in [2.75, 3.05) is 18.9 Å². The number of nitrogens with zero attached hydrogens (tertiary/aromatic N) is 2. The summed E-state index contributed by atoms with van der Waals surface area (Å²) in [5, 5.41) is 13.7. The molecule has 0 spiro atoms. The van der Waals surface area contributed by atoms with Crippen LogP contribution in [0.25, 0.3) is 0 Å². The molecule has 0 saturated heterocycles. The lowest BCUT2D eigenvalue weighted by molar-refractivity contribution is -0.387. The van der Waals surface area contributed by atoms with Crippen molar-refractivity contribution in [1.29, 1.82) is 0 Å². The number of halogens is 1. The van der Waals surface area contributed by atoms with Crippen molar-refractivity contribution in [3.05, 3.63) is 69.5 Å². The molecule has 1 aliphatic carbocycles. The minimum Gasteiger partial charge on any atom is -0.376 e.